The van der Waals surface area contributed by atoms with Crippen LogP contribution in [-0.2, 0) is 11.2 Å². The van der Waals surface area contributed by atoms with Crippen LogP contribution in [0.3, 0.4) is 0 Å². The summed E-state index contributed by atoms with van der Waals surface area (Å²) in [6.45, 7) is 3.67. The van der Waals surface area contributed by atoms with Crippen molar-refractivity contribution in [2.75, 3.05) is 13.1 Å². The predicted molar refractivity (Wildman–Crippen MR) is 64.4 cm³/mol. The molecule has 0 saturated heterocycles. The fourth-order valence-corrected chi connectivity index (χ4v) is 1.66. The fraction of sp³-hybridized carbons (Fsp3) is 0.462. The Balaban J connectivity index is 2.48. The Morgan fingerprint density at radius 2 is 2.06 bits per heavy atom. The van der Waals surface area contributed by atoms with Gasteiger partial charge in [-0.15, -0.1) is 0 Å². The number of carbonyl (C=O) groups is 1. The van der Waals surface area contributed by atoms with Crippen molar-refractivity contribution in [1.82, 2.24) is 5.32 Å². The zero-order chi connectivity index (χ0) is 11.8. The Morgan fingerprint density at radius 3 is 2.62 bits per heavy atom. The molecule has 1 rings (SSSR count). The minimum absolute atomic E-state index is 0.290. The first kappa shape index (κ1) is 12.7. The van der Waals surface area contributed by atoms with Crippen LogP contribution < -0.4 is 5.32 Å². The van der Waals surface area contributed by atoms with Crippen molar-refractivity contribution in [2.24, 2.45) is 5.92 Å². The molecule has 0 radical (unpaired) electrons. The normalized spacial score (nSPS) is 12.3. The summed E-state index contributed by atoms with van der Waals surface area (Å²) < 4.78 is 0. The lowest BCUT2D eigenvalue weighted by Gasteiger charge is -2.12. The van der Waals surface area contributed by atoms with Gasteiger partial charge in [-0.3, -0.25) is 4.79 Å². The molecule has 0 fully saturated rings. The van der Waals surface area contributed by atoms with Crippen molar-refractivity contribution in [3.63, 3.8) is 0 Å². The molecular formula is C13H19NO2. The first-order valence-electron chi connectivity index (χ1n) is 5.71. The molecule has 1 unspecified atom stereocenters. The molecule has 3 heteroatoms. The van der Waals surface area contributed by atoms with Crippen LogP contribution in [0.15, 0.2) is 30.3 Å². The number of carboxylic acids is 1. The van der Waals surface area contributed by atoms with E-state index >= 15 is 0 Å². The number of hydrogen-bond acceptors (Lipinski definition) is 2. The molecule has 1 atom stereocenters. The smallest absolute Gasteiger partial charge is 0.306 e. The van der Waals surface area contributed by atoms with Crippen LogP contribution in [-0.4, -0.2) is 24.2 Å². The van der Waals surface area contributed by atoms with Crippen molar-refractivity contribution >= 4 is 5.97 Å². The first-order chi connectivity index (χ1) is 7.74. The van der Waals surface area contributed by atoms with Crippen LogP contribution in [0, 0.1) is 5.92 Å². The molecule has 16 heavy (non-hydrogen) atoms. The topological polar surface area (TPSA) is 49.3 Å². The molecule has 3 nitrogen and oxygen atoms in total. The summed E-state index contributed by atoms with van der Waals surface area (Å²) in [4.78, 5) is 11.1. The molecule has 0 bridgehead atoms. The van der Waals surface area contributed by atoms with Crippen LogP contribution in [0.25, 0.3) is 0 Å². The molecule has 0 spiro atoms. The Bertz CT molecular complexity index is 311. The molecule has 0 aliphatic carbocycles. The van der Waals surface area contributed by atoms with Crippen LogP contribution in [0.1, 0.15) is 18.9 Å². The van der Waals surface area contributed by atoms with E-state index in [2.05, 4.69) is 5.32 Å². The van der Waals surface area contributed by atoms with E-state index in [1.54, 1.807) is 0 Å². The van der Waals surface area contributed by atoms with Gasteiger partial charge in [0.15, 0.2) is 0 Å². The monoisotopic (exact) mass is 221 g/mol. The summed E-state index contributed by atoms with van der Waals surface area (Å²) in [6.07, 6.45) is 1.29. The van der Waals surface area contributed by atoms with Gasteiger partial charge in [0.2, 0.25) is 0 Å². The Hall–Kier alpha value is -1.35. The molecule has 0 aliphatic rings. The van der Waals surface area contributed by atoms with Gasteiger partial charge in [0.25, 0.3) is 0 Å². The van der Waals surface area contributed by atoms with Gasteiger partial charge in [-0.05, 0) is 31.5 Å². The summed E-state index contributed by atoms with van der Waals surface area (Å²) in [6, 6.07) is 9.78. The highest BCUT2D eigenvalue weighted by Crippen LogP contribution is 2.12. The maximum Gasteiger partial charge on any atom is 0.306 e. The van der Waals surface area contributed by atoms with Gasteiger partial charge < -0.3 is 10.4 Å². The highest BCUT2D eigenvalue weighted by molar-refractivity contribution is 5.70. The number of nitrogens with one attached hydrogen (secondary N) is 1. The minimum atomic E-state index is -0.707. The van der Waals surface area contributed by atoms with Crippen LogP contribution in [0.2, 0.25) is 0 Å². The van der Waals surface area contributed by atoms with E-state index in [4.69, 9.17) is 5.11 Å². The van der Waals surface area contributed by atoms with Crippen molar-refractivity contribution in [1.29, 1.82) is 0 Å². The molecule has 0 aliphatic heterocycles. The highest BCUT2D eigenvalue weighted by atomic mass is 16.4. The molecule has 88 valence electrons. The zero-order valence-corrected chi connectivity index (χ0v) is 9.65. The molecule has 0 heterocycles. The van der Waals surface area contributed by atoms with Crippen LogP contribution >= 0.6 is 0 Å². The molecular weight excluding hydrogens is 202 g/mol. The standard InChI is InChI=1S/C13H19NO2/c1-2-14-9-8-12(13(15)16)10-11-6-4-3-5-7-11/h3-7,12,14H,2,8-10H2,1H3,(H,15,16). The van der Waals surface area contributed by atoms with E-state index in [1.807, 2.05) is 37.3 Å². The molecule has 2 N–H and O–H groups in total. The summed E-state index contributed by atoms with van der Waals surface area (Å²) in [7, 11) is 0. The lowest BCUT2D eigenvalue weighted by atomic mass is 9.96. The number of benzene rings is 1. The van der Waals surface area contributed by atoms with Gasteiger partial charge in [0.1, 0.15) is 0 Å². The van der Waals surface area contributed by atoms with Gasteiger partial charge in [0.05, 0.1) is 5.92 Å². The quantitative estimate of drug-likeness (QED) is 0.692. The van der Waals surface area contributed by atoms with E-state index in [9.17, 15) is 4.79 Å². The first-order valence-corrected chi connectivity index (χ1v) is 5.71. The third-order valence-electron chi connectivity index (χ3n) is 2.59. The van der Waals surface area contributed by atoms with E-state index in [0.29, 0.717) is 12.8 Å². The molecule has 0 amide bonds. The summed E-state index contributed by atoms with van der Waals surface area (Å²) in [5.74, 6) is -0.997. The van der Waals surface area contributed by atoms with Crippen molar-refractivity contribution in [3.8, 4) is 0 Å². The number of aliphatic carboxylic acids is 1. The summed E-state index contributed by atoms with van der Waals surface area (Å²) in [5.41, 5.74) is 1.09. The van der Waals surface area contributed by atoms with Gasteiger partial charge in [0, 0.05) is 0 Å². The summed E-state index contributed by atoms with van der Waals surface area (Å²) >= 11 is 0. The van der Waals surface area contributed by atoms with Crippen molar-refractivity contribution < 1.29 is 9.90 Å². The second-order valence-electron chi connectivity index (χ2n) is 3.87. The molecule has 0 saturated carbocycles. The molecule has 1 aromatic carbocycles. The van der Waals surface area contributed by atoms with Gasteiger partial charge >= 0.3 is 5.97 Å². The second-order valence-corrected chi connectivity index (χ2v) is 3.87. The molecule has 0 aromatic heterocycles. The third-order valence-corrected chi connectivity index (χ3v) is 2.59. The number of hydrogen-bond donors (Lipinski definition) is 2. The highest BCUT2D eigenvalue weighted by Gasteiger charge is 2.16. The van der Waals surface area contributed by atoms with Crippen LogP contribution in [0.4, 0.5) is 0 Å². The third kappa shape index (κ3) is 4.45. The Morgan fingerprint density at radius 1 is 1.38 bits per heavy atom. The second kappa shape index (κ2) is 7.01. The van der Waals surface area contributed by atoms with E-state index in [1.165, 1.54) is 0 Å². The average Bonchev–Trinajstić information content (AvgIpc) is 2.29. The molecule has 1 aromatic rings. The van der Waals surface area contributed by atoms with Gasteiger partial charge in [-0.2, -0.15) is 0 Å². The number of rotatable bonds is 7. The fourth-order valence-electron chi connectivity index (χ4n) is 1.66. The SMILES string of the molecule is CCNCCC(Cc1ccccc1)C(=O)O. The predicted octanol–water partition coefficient (Wildman–Crippen LogP) is 1.93. The average molecular weight is 221 g/mol. The maximum absolute atomic E-state index is 11.1. The van der Waals surface area contributed by atoms with Crippen molar-refractivity contribution in [3.05, 3.63) is 35.9 Å². The van der Waals surface area contributed by atoms with E-state index in [0.717, 1.165) is 18.7 Å². The lowest BCUT2D eigenvalue weighted by molar-refractivity contribution is -0.141. The summed E-state index contributed by atoms with van der Waals surface area (Å²) in [5, 5.41) is 12.3. The van der Waals surface area contributed by atoms with Gasteiger partial charge in [-0.25, -0.2) is 0 Å². The van der Waals surface area contributed by atoms with Gasteiger partial charge in [-0.1, -0.05) is 37.3 Å². The van der Waals surface area contributed by atoms with E-state index in [-0.39, 0.29) is 5.92 Å². The number of carboxylic acid groups (broad SMARTS) is 1. The largest absolute Gasteiger partial charge is 0.481 e. The maximum atomic E-state index is 11.1. The zero-order valence-electron chi connectivity index (χ0n) is 9.65. The minimum Gasteiger partial charge on any atom is -0.481 e. The van der Waals surface area contributed by atoms with Crippen molar-refractivity contribution in [2.45, 2.75) is 19.8 Å². The Kier molecular flexibility index (Phi) is 5.57. The van der Waals surface area contributed by atoms with Crippen LogP contribution in [0.5, 0.6) is 0 Å². The Labute approximate surface area is 96.5 Å². The van der Waals surface area contributed by atoms with E-state index < -0.39 is 5.97 Å². The lowest BCUT2D eigenvalue weighted by Crippen LogP contribution is -2.23.